The lowest BCUT2D eigenvalue weighted by molar-refractivity contribution is -0.111. The van der Waals surface area contributed by atoms with Gasteiger partial charge in [0.2, 0.25) is 5.91 Å². The Balaban J connectivity index is 1.57. The van der Waals surface area contributed by atoms with Gasteiger partial charge in [-0.15, -0.1) is 0 Å². The molecule has 1 fully saturated rings. The van der Waals surface area contributed by atoms with Gasteiger partial charge in [-0.25, -0.2) is 9.37 Å². The summed E-state index contributed by atoms with van der Waals surface area (Å²) in [5.41, 5.74) is 1.43. The van der Waals surface area contributed by atoms with Crippen molar-refractivity contribution in [2.75, 3.05) is 23.3 Å². The molecule has 2 aromatic rings. The summed E-state index contributed by atoms with van der Waals surface area (Å²) < 4.78 is 12.8. The van der Waals surface area contributed by atoms with Crippen LogP contribution in [0, 0.1) is 5.82 Å². The van der Waals surface area contributed by atoms with Crippen LogP contribution in [-0.2, 0) is 4.79 Å². The van der Waals surface area contributed by atoms with Gasteiger partial charge in [-0.05, 0) is 55.2 Å². The smallest absolute Gasteiger partial charge is 0.248 e. The number of amides is 1. The van der Waals surface area contributed by atoms with E-state index >= 15 is 0 Å². The summed E-state index contributed by atoms with van der Waals surface area (Å²) in [6.45, 7) is 2.08. The van der Waals surface area contributed by atoms with E-state index in [1.807, 2.05) is 12.1 Å². The Morgan fingerprint density at radius 2 is 1.83 bits per heavy atom. The van der Waals surface area contributed by atoms with Crippen LogP contribution in [0.15, 0.2) is 48.7 Å². The van der Waals surface area contributed by atoms with Crippen molar-refractivity contribution in [3.05, 3.63) is 60.1 Å². The number of hydrogen-bond donors (Lipinski definition) is 1. The number of nitrogens with one attached hydrogen (secondary N) is 1. The SMILES string of the molecule is O=C(/C=C/c1ccc(F)cc1)Nc1ccc(N2CCCCC2)nc1. The van der Waals surface area contributed by atoms with Gasteiger partial charge in [-0.2, -0.15) is 0 Å². The first-order valence-electron chi connectivity index (χ1n) is 8.16. The first-order valence-corrected chi connectivity index (χ1v) is 8.16. The first-order chi connectivity index (χ1) is 11.7. The zero-order valence-corrected chi connectivity index (χ0v) is 13.4. The Hall–Kier alpha value is -2.69. The summed E-state index contributed by atoms with van der Waals surface area (Å²) in [7, 11) is 0. The van der Waals surface area contributed by atoms with Gasteiger partial charge in [-0.1, -0.05) is 12.1 Å². The number of carbonyl (C=O) groups excluding carboxylic acids is 1. The van der Waals surface area contributed by atoms with Crippen LogP contribution in [0.1, 0.15) is 24.8 Å². The standard InChI is InChI=1S/C19H20FN3O/c20-16-7-4-15(5-8-16)6-11-19(24)22-17-9-10-18(21-14-17)23-12-2-1-3-13-23/h4-11,14H,1-3,12-13H2,(H,22,24)/b11-6+. The van der Waals surface area contributed by atoms with E-state index in [0.717, 1.165) is 24.5 Å². The summed E-state index contributed by atoms with van der Waals surface area (Å²) in [5, 5.41) is 2.77. The van der Waals surface area contributed by atoms with E-state index in [2.05, 4.69) is 15.2 Å². The number of rotatable bonds is 4. The lowest BCUT2D eigenvalue weighted by Gasteiger charge is -2.27. The van der Waals surface area contributed by atoms with E-state index in [4.69, 9.17) is 0 Å². The van der Waals surface area contributed by atoms with E-state index in [0.29, 0.717) is 5.69 Å². The van der Waals surface area contributed by atoms with Crippen molar-refractivity contribution in [2.24, 2.45) is 0 Å². The Bertz CT molecular complexity index is 704. The van der Waals surface area contributed by atoms with E-state index in [1.54, 1.807) is 24.4 Å². The molecule has 4 nitrogen and oxygen atoms in total. The molecule has 0 radical (unpaired) electrons. The number of piperidine rings is 1. The summed E-state index contributed by atoms with van der Waals surface area (Å²) in [6, 6.07) is 9.76. The molecule has 3 rings (SSSR count). The largest absolute Gasteiger partial charge is 0.357 e. The maximum Gasteiger partial charge on any atom is 0.248 e. The molecule has 0 unspecified atom stereocenters. The lowest BCUT2D eigenvalue weighted by Crippen LogP contribution is -2.30. The van der Waals surface area contributed by atoms with Crippen molar-refractivity contribution in [2.45, 2.75) is 19.3 Å². The molecule has 24 heavy (non-hydrogen) atoms. The molecule has 1 saturated heterocycles. The lowest BCUT2D eigenvalue weighted by atomic mass is 10.1. The van der Waals surface area contributed by atoms with Crippen molar-refractivity contribution in [3.63, 3.8) is 0 Å². The van der Waals surface area contributed by atoms with Crippen LogP contribution in [-0.4, -0.2) is 24.0 Å². The van der Waals surface area contributed by atoms with E-state index in [-0.39, 0.29) is 11.7 Å². The number of aromatic nitrogens is 1. The highest BCUT2D eigenvalue weighted by Crippen LogP contribution is 2.19. The van der Waals surface area contributed by atoms with Crippen LogP contribution in [0.5, 0.6) is 0 Å². The highest BCUT2D eigenvalue weighted by atomic mass is 19.1. The predicted molar refractivity (Wildman–Crippen MR) is 94.4 cm³/mol. The summed E-state index contributed by atoms with van der Waals surface area (Å²) in [6.07, 6.45) is 8.43. The third kappa shape index (κ3) is 4.41. The average Bonchev–Trinajstić information content (AvgIpc) is 2.63. The van der Waals surface area contributed by atoms with E-state index < -0.39 is 0 Å². The Morgan fingerprint density at radius 3 is 2.50 bits per heavy atom. The second-order valence-electron chi connectivity index (χ2n) is 5.83. The molecule has 1 aliphatic heterocycles. The quantitative estimate of drug-likeness (QED) is 0.868. The summed E-state index contributed by atoms with van der Waals surface area (Å²) in [4.78, 5) is 18.6. The first kappa shape index (κ1) is 16.2. The molecular formula is C19H20FN3O. The fraction of sp³-hybridized carbons (Fsp3) is 0.263. The Kier molecular flexibility index (Phi) is 5.21. The van der Waals surface area contributed by atoms with Crippen molar-refractivity contribution in [3.8, 4) is 0 Å². The highest BCUT2D eigenvalue weighted by Gasteiger charge is 2.11. The monoisotopic (exact) mass is 325 g/mol. The third-order valence-electron chi connectivity index (χ3n) is 3.99. The Labute approximate surface area is 141 Å². The maximum atomic E-state index is 12.8. The van der Waals surface area contributed by atoms with Crippen molar-refractivity contribution < 1.29 is 9.18 Å². The van der Waals surface area contributed by atoms with Crippen LogP contribution in [0.2, 0.25) is 0 Å². The number of anilines is 2. The number of halogens is 1. The van der Waals surface area contributed by atoms with Gasteiger partial charge >= 0.3 is 0 Å². The van der Waals surface area contributed by atoms with E-state index in [9.17, 15) is 9.18 Å². The van der Waals surface area contributed by atoms with Gasteiger partial charge in [0, 0.05) is 19.2 Å². The normalized spacial score (nSPS) is 14.8. The minimum absolute atomic E-state index is 0.244. The molecule has 0 bridgehead atoms. The molecule has 0 spiro atoms. The predicted octanol–water partition coefficient (Wildman–Crippen LogP) is 3.86. The molecule has 1 N–H and O–H groups in total. The highest BCUT2D eigenvalue weighted by molar-refractivity contribution is 6.01. The molecule has 2 heterocycles. The average molecular weight is 325 g/mol. The molecule has 1 aromatic carbocycles. The molecule has 124 valence electrons. The van der Waals surface area contributed by atoms with Crippen molar-refractivity contribution in [1.82, 2.24) is 4.98 Å². The zero-order chi connectivity index (χ0) is 16.8. The number of pyridine rings is 1. The van der Waals surface area contributed by atoms with Gasteiger partial charge in [-0.3, -0.25) is 4.79 Å². The molecule has 5 heteroatoms. The fourth-order valence-electron chi connectivity index (χ4n) is 2.70. The molecule has 1 aliphatic rings. The summed E-state index contributed by atoms with van der Waals surface area (Å²) in [5.74, 6) is 0.415. The maximum absolute atomic E-state index is 12.8. The second-order valence-corrected chi connectivity index (χ2v) is 5.83. The zero-order valence-electron chi connectivity index (χ0n) is 13.4. The van der Waals surface area contributed by atoms with Crippen LogP contribution in [0.25, 0.3) is 6.08 Å². The third-order valence-corrected chi connectivity index (χ3v) is 3.99. The molecule has 1 amide bonds. The van der Waals surface area contributed by atoms with Gasteiger partial charge in [0.05, 0.1) is 11.9 Å². The van der Waals surface area contributed by atoms with E-state index in [1.165, 1.54) is 37.5 Å². The van der Waals surface area contributed by atoms with Crippen LogP contribution in [0.4, 0.5) is 15.9 Å². The van der Waals surface area contributed by atoms with Crippen LogP contribution >= 0.6 is 0 Å². The number of carbonyl (C=O) groups is 1. The summed E-state index contributed by atoms with van der Waals surface area (Å²) >= 11 is 0. The molecule has 0 aliphatic carbocycles. The number of hydrogen-bond acceptors (Lipinski definition) is 3. The fourth-order valence-corrected chi connectivity index (χ4v) is 2.70. The minimum Gasteiger partial charge on any atom is -0.357 e. The second kappa shape index (κ2) is 7.73. The molecule has 1 aromatic heterocycles. The number of nitrogens with zero attached hydrogens (tertiary/aromatic N) is 2. The van der Waals surface area contributed by atoms with Gasteiger partial charge in [0.1, 0.15) is 11.6 Å². The molecular weight excluding hydrogens is 305 g/mol. The Morgan fingerprint density at radius 1 is 1.08 bits per heavy atom. The van der Waals surface area contributed by atoms with Gasteiger partial charge in [0.25, 0.3) is 0 Å². The van der Waals surface area contributed by atoms with Crippen molar-refractivity contribution in [1.29, 1.82) is 0 Å². The van der Waals surface area contributed by atoms with Gasteiger partial charge < -0.3 is 10.2 Å². The van der Waals surface area contributed by atoms with Crippen LogP contribution in [0.3, 0.4) is 0 Å². The van der Waals surface area contributed by atoms with Gasteiger partial charge in [0.15, 0.2) is 0 Å². The molecule has 0 saturated carbocycles. The molecule has 0 atom stereocenters. The minimum atomic E-state index is -0.295. The van der Waals surface area contributed by atoms with Crippen molar-refractivity contribution >= 4 is 23.5 Å². The number of benzene rings is 1. The topological polar surface area (TPSA) is 45.2 Å². The van der Waals surface area contributed by atoms with Crippen LogP contribution < -0.4 is 10.2 Å².